The zero-order chi connectivity index (χ0) is 26.8. The van der Waals surface area contributed by atoms with Crippen molar-refractivity contribution < 1.29 is 32.2 Å². The summed E-state index contributed by atoms with van der Waals surface area (Å²) < 4.78 is 42.9. The maximum Gasteiger partial charge on any atom is 0.343 e. The predicted octanol–water partition coefficient (Wildman–Crippen LogP) is 2.90. The Hall–Kier alpha value is -4.38. The molecule has 0 saturated carbocycles. The van der Waals surface area contributed by atoms with Crippen LogP contribution in [0, 0.1) is 6.92 Å². The van der Waals surface area contributed by atoms with Gasteiger partial charge in [-0.15, -0.1) is 0 Å². The Kier molecular flexibility index (Phi) is 9.22. The van der Waals surface area contributed by atoms with Crippen LogP contribution in [0.4, 0.5) is 5.69 Å². The van der Waals surface area contributed by atoms with Crippen molar-refractivity contribution in [1.29, 1.82) is 0 Å². The van der Waals surface area contributed by atoms with Gasteiger partial charge < -0.3 is 14.2 Å². The molecule has 11 heteroatoms. The molecule has 0 aliphatic carbocycles. The first-order valence-corrected chi connectivity index (χ1v) is 12.5. The minimum atomic E-state index is -4.07. The summed E-state index contributed by atoms with van der Waals surface area (Å²) in [6, 6.07) is 19.4. The van der Waals surface area contributed by atoms with Crippen LogP contribution in [-0.4, -0.2) is 53.9 Å². The van der Waals surface area contributed by atoms with Gasteiger partial charge in [-0.1, -0.05) is 23.8 Å². The number of rotatable bonds is 11. The Morgan fingerprint density at radius 3 is 2.32 bits per heavy atom. The van der Waals surface area contributed by atoms with Crippen molar-refractivity contribution in [3.63, 3.8) is 0 Å². The standard InChI is InChI=1S/C26H27N3O7S/c1-19-7-13-24(14-8-19)37(32,33)29(21-5-4-6-23(15-21)34-2)17-25(30)28-27-16-20-9-11-22(12-10-20)36-18-26(31)35-3/h4-16H,17-18H2,1-3H3,(H,28,30)/b27-16+. The third-order valence-electron chi connectivity index (χ3n) is 5.10. The van der Waals surface area contributed by atoms with E-state index in [-0.39, 0.29) is 17.2 Å². The molecule has 1 amide bonds. The van der Waals surface area contributed by atoms with Crippen LogP contribution in [0.15, 0.2) is 82.8 Å². The lowest BCUT2D eigenvalue weighted by Gasteiger charge is -2.24. The second kappa shape index (κ2) is 12.5. The van der Waals surface area contributed by atoms with Gasteiger partial charge in [-0.3, -0.25) is 9.10 Å². The third-order valence-corrected chi connectivity index (χ3v) is 6.89. The molecule has 0 fully saturated rings. The molecule has 10 nitrogen and oxygen atoms in total. The fourth-order valence-electron chi connectivity index (χ4n) is 3.11. The van der Waals surface area contributed by atoms with Crippen molar-refractivity contribution >= 4 is 33.8 Å². The molecule has 194 valence electrons. The summed E-state index contributed by atoms with van der Waals surface area (Å²) in [5.74, 6) is -0.241. The average Bonchev–Trinajstić information content (AvgIpc) is 2.91. The van der Waals surface area contributed by atoms with E-state index in [1.54, 1.807) is 54.6 Å². The Balaban J connectivity index is 1.73. The normalized spacial score (nSPS) is 11.1. The number of aryl methyl sites for hydroxylation is 1. The Morgan fingerprint density at radius 1 is 0.973 bits per heavy atom. The summed E-state index contributed by atoms with van der Waals surface area (Å²) in [4.78, 5) is 23.9. The van der Waals surface area contributed by atoms with Crippen LogP contribution in [0.1, 0.15) is 11.1 Å². The van der Waals surface area contributed by atoms with Crippen LogP contribution >= 0.6 is 0 Å². The number of methoxy groups -OCH3 is 2. The van der Waals surface area contributed by atoms with E-state index in [1.165, 1.54) is 38.6 Å². The van der Waals surface area contributed by atoms with E-state index in [0.29, 0.717) is 17.1 Å². The number of sulfonamides is 1. The predicted molar refractivity (Wildman–Crippen MR) is 138 cm³/mol. The van der Waals surface area contributed by atoms with Crippen molar-refractivity contribution in [2.24, 2.45) is 5.10 Å². The number of nitrogens with zero attached hydrogens (tertiary/aromatic N) is 2. The van der Waals surface area contributed by atoms with E-state index < -0.39 is 28.4 Å². The Labute approximate surface area is 215 Å². The summed E-state index contributed by atoms with van der Waals surface area (Å²) in [6.07, 6.45) is 1.40. The first-order valence-electron chi connectivity index (χ1n) is 11.1. The molecule has 0 spiro atoms. The van der Waals surface area contributed by atoms with Crippen molar-refractivity contribution in [3.8, 4) is 11.5 Å². The van der Waals surface area contributed by atoms with Gasteiger partial charge in [0.2, 0.25) is 0 Å². The molecule has 3 rings (SSSR count). The summed E-state index contributed by atoms with van der Waals surface area (Å²) in [6.45, 7) is 1.13. The highest BCUT2D eigenvalue weighted by Crippen LogP contribution is 2.27. The maximum atomic E-state index is 13.4. The second-order valence-corrected chi connectivity index (χ2v) is 9.62. The van der Waals surface area contributed by atoms with E-state index in [4.69, 9.17) is 9.47 Å². The highest BCUT2D eigenvalue weighted by molar-refractivity contribution is 7.92. The molecule has 0 saturated heterocycles. The number of carbonyl (C=O) groups excluding carboxylic acids is 2. The number of carbonyl (C=O) groups is 2. The average molecular weight is 526 g/mol. The number of hydrazone groups is 1. The van der Waals surface area contributed by atoms with Gasteiger partial charge in [0.05, 0.1) is 31.0 Å². The first-order chi connectivity index (χ1) is 17.7. The van der Waals surface area contributed by atoms with Crippen LogP contribution in [0.3, 0.4) is 0 Å². The molecular formula is C26H27N3O7S. The van der Waals surface area contributed by atoms with E-state index >= 15 is 0 Å². The zero-order valence-electron chi connectivity index (χ0n) is 20.6. The molecule has 1 N–H and O–H groups in total. The van der Waals surface area contributed by atoms with Crippen molar-refractivity contribution in [3.05, 3.63) is 83.9 Å². The number of amides is 1. The largest absolute Gasteiger partial charge is 0.497 e. The lowest BCUT2D eigenvalue weighted by Crippen LogP contribution is -2.39. The molecule has 37 heavy (non-hydrogen) atoms. The summed E-state index contributed by atoms with van der Waals surface area (Å²) in [5, 5.41) is 3.92. The summed E-state index contributed by atoms with van der Waals surface area (Å²) >= 11 is 0. The highest BCUT2D eigenvalue weighted by atomic mass is 32.2. The minimum absolute atomic E-state index is 0.0479. The van der Waals surface area contributed by atoms with Crippen LogP contribution in [0.5, 0.6) is 11.5 Å². The van der Waals surface area contributed by atoms with Gasteiger partial charge in [0.15, 0.2) is 6.61 Å². The van der Waals surface area contributed by atoms with Gasteiger partial charge in [0.25, 0.3) is 15.9 Å². The Morgan fingerprint density at radius 2 is 1.68 bits per heavy atom. The first kappa shape index (κ1) is 27.2. The number of hydrogen-bond acceptors (Lipinski definition) is 8. The molecule has 0 heterocycles. The summed E-state index contributed by atoms with van der Waals surface area (Å²) in [7, 11) is -1.33. The molecular weight excluding hydrogens is 498 g/mol. The van der Waals surface area contributed by atoms with Crippen molar-refractivity contribution in [2.75, 3.05) is 31.7 Å². The number of esters is 1. The van der Waals surface area contributed by atoms with Crippen LogP contribution < -0.4 is 19.2 Å². The van der Waals surface area contributed by atoms with Gasteiger partial charge in [-0.2, -0.15) is 5.10 Å². The highest BCUT2D eigenvalue weighted by Gasteiger charge is 2.27. The molecule has 0 unspecified atom stereocenters. The maximum absolute atomic E-state index is 13.4. The Bertz CT molecular complexity index is 1360. The second-order valence-electron chi connectivity index (χ2n) is 7.75. The van der Waals surface area contributed by atoms with E-state index in [2.05, 4.69) is 15.3 Å². The molecule has 0 aliphatic heterocycles. The lowest BCUT2D eigenvalue weighted by molar-refractivity contribution is -0.142. The number of nitrogens with one attached hydrogen (secondary N) is 1. The fraction of sp³-hybridized carbons (Fsp3) is 0.192. The van der Waals surface area contributed by atoms with Crippen LogP contribution in [-0.2, 0) is 24.3 Å². The van der Waals surface area contributed by atoms with Gasteiger partial charge in [0.1, 0.15) is 18.0 Å². The fourth-order valence-corrected chi connectivity index (χ4v) is 4.53. The SMILES string of the molecule is COC(=O)COc1ccc(/C=N/NC(=O)CN(c2cccc(OC)c2)S(=O)(=O)c2ccc(C)cc2)cc1. The van der Waals surface area contributed by atoms with E-state index in [1.807, 2.05) is 6.92 Å². The van der Waals surface area contributed by atoms with Crippen molar-refractivity contribution in [2.45, 2.75) is 11.8 Å². The number of benzene rings is 3. The van der Waals surface area contributed by atoms with Crippen molar-refractivity contribution in [1.82, 2.24) is 5.43 Å². The topological polar surface area (TPSA) is 124 Å². The number of anilines is 1. The number of hydrogen-bond donors (Lipinski definition) is 1. The quantitative estimate of drug-likeness (QED) is 0.232. The lowest BCUT2D eigenvalue weighted by atomic mass is 10.2. The molecule has 0 bridgehead atoms. The van der Waals surface area contributed by atoms with Crippen LogP contribution in [0.2, 0.25) is 0 Å². The monoisotopic (exact) mass is 525 g/mol. The van der Waals surface area contributed by atoms with Gasteiger partial charge in [0, 0.05) is 6.07 Å². The van der Waals surface area contributed by atoms with Gasteiger partial charge >= 0.3 is 5.97 Å². The molecule has 0 aliphatic rings. The molecule has 0 atom stereocenters. The molecule has 3 aromatic rings. The zero-order valence-corrected chi connectivity index (χ0v) is 21.4. The number of ether oxygens (including phenoxy) is 3. The van der Waals surface area contributed by atoms with E-state index in [9.17, 15) is 18.0 Å². The molecule has 0 aromatic heterocycles. The summed E-state index contributed by atoms with van der Waals surface area (Å²) in [5.41, 5.74) is 4.17. The third kappa shape index (κ3) is 7.55. The van der Waals surface area contributed by atoms with Gasteiger partial charge in [-0.25, -0.2) is 18.6 Å². The van der Waals surface area contributed by atoms with Gasteiger partial charge in [-0.05, 0) is 61.0 Å². The van der Waals surface area contributed by atoms with E-state index in [0.717, 1.165) is 9.87 Å². The van der Waals surface area contributed by atoms with Crippen LogP contribution in [0.25, 0.3) is 0 Å². The minimum Gasteiger partial charge on any atom is -0.497 e. The molecule has 0 radical (unpaired) electrons. The molecule has 3 aromatic carbocycles. The smallest absolute Gasteiger partial charge is 0.343 e.